The summed E-state index contributed by atoms with van der Waals surface area (Å²) in [6.45, 7) is 11.3. The van der Waals surface area contributed by atoms with Gasteiger partial charge in [-0.15, -0.1) is 0 Å². The molecule has 62 heavy (non-hydrogen) atoms. The van der Waals surface area contributed by atoms with Crippen LogP contribution in [0.1, 0.15) is 29.0 Å². The minimum absolute atomic E-state index is 0.203. The second-order valence-electron chi connectivity index (χ2n) is 15.1. The molecule has 0 saturated heterocycles. The van der Waals surface area contributed by atoms with E-state index in [2.05, 4.69) is 164 Å². The molecule has 6 heteroatoms. The summed E-state index contributed by atoms with van der Waals surface area (Å²) in [7, 11) is 0. The lowest BCUT2D eigenvalue weighted by molar-refractivity contribution is -0.129. The molecular weight excluding hydrogens is 765 g/mol. The molecule has 0 radical (unpaired) electrons. The van der Waals surface area contributed by atoms with Gasteiger partial charge in [-0.1, -0.05) is 110 Å². The maximum atomic E-state index is 11.6. The molecule has 1 aliphatic carbocycles. The van der Waals surface area contributed by atoms with E-state index < -0.39 is 11.9 Å². The number of carbonyl (C=O) groups excluding carboxylic acids is 2. The van der Waals surface area contributed by atoms with Crippen LogP contribution in [0, 0.1) is 13.8 Å². The highest BCUT2D eigenvalue weighted by molar-refractivity contribution is 5.85. The standard InChI is InChI=1S/C56H46N2O4/c1-5-55(59)61-51-31-21-43(22-32-51)41-17-27-49(28-18-41)57(47-13-9-7-10-14-47)53-35-25-45(37-39(53)3)46-26-36-54(40(4)38-46)58(48-15-11-8-12-16-48)50-29-19-42(20-30-50)44-23-33-52(34-24-44)62-56(60)6-2/h5-19,21-38,42H,1-2,20H2,3-4H3. The maximum absolute atomic E-state index is 11.6. The molecular formula is C56H46N2O4. The number of para-hydroxylation sites is 2. The molecule has 0 saturated carbocycles. The van der Waals surface area contributed by atoms with E-state index in [1.54, 1.807) is 12.1 Å². The van der Waals surface area contributed by atoms with Crippen LogP contribution in [0.25, 0.3) is 22.3 Å². The number of hydrogen-bond acceptors (Lipinski definition) is 6. The van der Waals surface area contributed by atoms with Gasteiger partial charge in [-0.25, -0.2) is 9.59 Å². The topological polar surface area (TPSA) is 59.1 Å². The number of carbonyl (C=O) groups is 2. The van der Waals surface area contributed by atoms with Crippen molar-refractivity contribution in [1.82, 2.24) is 0 Å². The zero-order valence-electron chi connectivity index (χ0n) is 34.8. The Morgan fingerprint density at radius 3 is 1.44 bits per heavy atom. The molecule has 0 aromatic heterocycles. The van der Waals surface area contributed by atoms with Crippen molar-refractivity contribution in [2.45, 2.75) is 26.2 Å². The summed E-state index contributed by atoms with van der Waals surface area (Å²) in [4.78, 5) is 27.9. The van der Waals surface area contributed by atoms with Gasteiger partial charge in [-0.2, -0.15) is 0 Å². The van der Waals surface area contributed by atoms with Crippen molar-refractivity contribution >= 4 is 40.4 Å². The molecule has 0 spiro atoms. The SMILES string of the molecule is C=CC(=O)Oc1ccc(-c2ccc(N(c3ccccc3)c3ccc(-c4ccc(N(C5=CCC(c6ccc(OC(=O)C=C)cc6)C=C5)c5ccccc5)c(C)c4)cc3C)cc2)cc1. The molecule has 0 bridgehead atoms. The van der Waals surface area contributed by atoms with Gasteiger partial charge in [0.1, 0.15) is 11.5 Å². The Kier molecular flexibility index (Phi) is 12.2. The van der Waals surface area contributed by atoms with Crippen molar-refractivity contribution in [3.8, 4) is 33.8 Å². The van der Waals surface area contributed by atoms with E-state index >= 15 is 0 Å². The van der Waals surface area contributed by atoms with Crippen LogP contribution in [0.5, 0.6) is 11.5 Å². The van der Waals surface area contributed by atoms with E-state index in [4.69, 9.17) is 9.47 Å². The molecule has 1 atom stereocenters. The number of anilines is 5. The van der Waals surface area contributed by atoms with Crippen LogP contribution in [0.15, 0.2) is 219 Å². The molecule has 6 nitrogen and oxygen atoms in total. The lowest BCUT2D eigenvalue weighted by atomic mass is 9.91. The third kappa shape index (κ3) is 9.10. The number of esters is 2. The number of aryl methyl sites for hydroxylation is 2. The highest BCUT2D eigenvalue weighted by Crippen LogP contribution is 2.41. The quantitative estimate of drug-likeness (QED) is 0.0657. The first-order chi connectivity index (χ1) is 30.3. The van der Waals surface area contributed by atoms with Gasteiger partial charge in [0.2, 0.25) is 0 Å². The summed E-state index contributed by atoms with van der Waals surface area (Å²) in [6, 6.07) is 58.0. The van der Waals surface area contributed by atoms with Gasteiger partial charge in [0.25, 0.3) is 0 Å². The predicted octanol–water partition coefficient (Wildman–Crippen LogP) is 14.1. The summed E-state index contributed by atoms with van der Waals surface area (Å²) >= 11 is 0. The highest BCUT2D eigenvalue weighted by atomic mass is 16.5. The zero-order valence-corrected chi connectivity index (χ0v) is 34.8. The van der Waals surface area contributed by atoms with Crippen molar-refractivity contribution in [1.29, 1.82) is 0 Å². The van der Waals surface area contributed by atoms with Crippen LogP contribution in [-0.2, 0) is 9.59 Å². The lowest BCUT2D eigenvalue weighted by Crippen LogP contribution is -2.18. The van der Waals surface area contributed by atoms with E-state index in [-0.39, 0.29) is 5.92 Å². The van der Waals surface area contributed by atoms with Crippen LogP contribution in [0.3, 0.4) is 0 Å². The van der Waals surface area contributed by atoms with Gasteiger partial charge in [-0.3, -0.25) is 0 Å². The average Bonchev–Trinajstić information content (AvgIpc) is 3.32. The smallest absolute Gasteiger partial charge is 0.335 e. The van der Waals surface area contributed by atoms with Gasteiger partial charge in [0.15, 0.2) is 0 Å². The van der Waals surface area contributed by atoms with Crippen molar-refractivity contribution in [2.75, 3.05) is 9.80 Å². The first-order valence-electron chi connectivity index (χ1n) is 20.6. The predicted molar refractivity (Wildman–Crippen MR) is 253 cm³/mol. The summed E-state index contributed by atoms with van der Waals surface area (Å²) in [6.07, 6.45) is 9.91. The minimum Gasteiger partial charge on any atom is -0.423 e. The first kappa shape index (κ1) is 40.8. The van der Waals surface area contributed by atoms with Crippen LogP contribution in [-0.4, -0.2) is 11.9 Å². The molecule has 0 N–H and O–H groups in total. The Morgan fingerprint density at radius 2 is 0.968 bits per heavy atom. The average molecular weight is 811 g/mol. The molecule has 1 unspecified atom stereocenters. The molecule has 304 valence electrons. The Hall–Kier alpha value is -7.96. The maximum Gasteiger partial charge on any atom is 0.335 e. The van der Waals surface area contributed by atoms with Crippen LogP contribution < -0.4 is 19.3 Å². The summed E-state index contributed by atoms with van der Waals surface area (Å²) in [5.74, 6) is 0.230. The van der Waals surface area contributed by atoms with E-state index in [0.717, 1.165) is 91.7 Å². The normalized spacial score (nSPS) is 13.1. The fraction of sp³-hybridized carbons (Fsp3) is 0.0714. The van der Waals surface area contributed by atoms with E-state index in [9.17, 15) is 9.59 Å². The van der Waals surface area contributed by atoms with Crippen LogP contribution in [0.2, 0.25) is 0 Å². The number of benzene rings is 7. The number of ether oxygens (including phenoxy) is 2. The number of rotatable bonds is 13. The van der Waals surface area contributed by atoms with Crippen molar-refractivity contribution in [2.24, 2.45) is 0 Å². The monoisotopic (exact) mass is 810 g/mol. The van der Waals surface area contributed by atoms with Gasteiger partial charge in [0, 0.05) is 52.2 Å². The van der Waals surface area contributed by atoms with E-state index in [1.807, 2.05) is 48.5 Å². The molecule has 7 aromatic rings. The lowest BCUT2D eigenvalue weighted by Gasteiger charge is -2.30. The first-order valence-corrected chi connectivity index (χ1v) is 20.6. The van der Waals surface area contributed by atoms with Gasteiger partial charge < -0.3 is 19.3 Å². The third-order valence-corrected chi connectivity index (χ3v) is 11.0. The van der Waals surface area contributed by atoms with Crippen LogP contribution >= 0.6 is 0 Å². The summed E-state index contributed by atoms with van der Waals surface area (Å²) in [5.41, 5.74) is 14.3. The van der Waals surface area contributed by atoms with Crippen molar-refractivity contribution < 1.29 is 19.1 Å². The van der Waals surface area contributed by atoms with Gasteiger partial charge in [-0.05, 0) is 150 Å². The molecule has 8 rings (SSSR count). The highest BCUT2D eigenvalue weighted by Gasteiger charge is 2.21. The zero-order chi connectivity index (χ0) is 43.0. The van der Waals surface area contributed by atoms with Gasteiger partial charge in [0.05, 0.1) is 0 Å². The van der Waals surface area contributed by atoms with Crippen LogP contribution in [0.4, 0.5) is 28.4 Å². The number of hydrogen-bond donors (Lipinski definition) is 0. The largest absolute Gasteiger partial charge is 0.423 e. The summed E-state index contributed by atoms with van der Waals surface area (Å²) < 4.78 is 10.5. The van der Waals surface area contributed by atoms with E-state index in [1.165, 1.54) is 0 Å². The fourth-order valence-corrected chi connectivity index (χ4v) is 7.82. The number of nitrogens with zero attached hydrogens (tertiary/aromatic N) is 2. The Labute approximate surface area is 363 Å². The van der Waals surface area contributed by atoms with E-state index in [0.29, 0.717) is 11.5 Å². The molecule has 0 amide bonds. The molecule has 1 aliphatic rings. The van der Waals surface area contributed by atoms with Gasteiger partial charge >= 0.3 is 11.9 Å². The Morgan fingerprint density at radius 1 is 0.532 bits per heavy atom. The molecule has 0 aliphatic heterocycles. The Bertz CT molecular complexity index is 2790. The van der Waals surface area contributed by atoms with Crippen molar-refractivity contribution in [3.63, 3.8) is 0 Å². The minimum atomic E-state index is -0.483. The summed E-state index contributed by atoms with van der Waals surface area (Å²) in [5, 5.41) is 0. The van der Waals surface area contributed by atoms with Crippen molar-refractivity contribution in [3.05, 3.63) is 236 Å². The number of allylic oxidation sites excluding steroid dienone is 3. The fourth-order valence-electron chi connectivity index (χ4n) is 7.82. The molecule has 0 fully saturated rings. The molecule has 0 heterocycles. The third-order valence-electron chi connectivity index (χ3n) is 11.0. The Balaban J connectivity index is 1.04. The second-order valence-corrected chi connectivity index (χ2v) is 15.1. The second kappa shape index (κ2) is 18.5. The molecule has 7 aromatic carbocycles.